The second kappa shape index (κ2) is 8.12. The highest BCUT2D eigenvalue weighted by molar-refractivity contribution is 5.89. The number of aryl methyl sites for hydroxylation is 1. The Bertz CT molecular complexity index is 1210. The fraction of sp³-hybridized carbons (Fsp3) is 0.0741. The Morgan fingerprint density at radius 1 is 0.793 bits per heavy atom. The minimum Gasteiger partial charge on any atom is -0.205 e. The third kappa shape index (κ3) is 3.81. The van der Waals surface area contributed by atoms with Crippen LogP contribution in [0.2, 0.25) is 0 Å². The molecule has 0 saturated carbocycles. The number of hydrogen-bond acceptors (Lipinski definition) is 1. The third-order valence-corrected chi connectivity index (χ3v) is 5.22. The molecule has 29 heavy (non-hydrogen) atoms. The summed E-state index contributed by atoms with van der Waals surface area (Å²) in [5, 5.41) is 10.3. The topological polar surface area (TPSA) is 23.8 Å². The van der Waals surface area contributed by atoms with Gasteiger partial charge in [0.1, 0.15) is 11.9 Å². The first kappa shape index (κ1) is 18.7. The van der Waals surface area contributed by atoms with E-state index in [9.17, 15) is 4.39 Å². The maximum atomic E-state index is 14.3. The van der Waals surface area contributed by atoms with Crippen LogP contribution in [0.1, 0.15) is 17.5 Å². The molecule has 0 aliphatic rings. The van der Waals surface area contributed by atoms with E-state index in [1.807, 2.05) is 24.3 Å². The molecule has 0 amide bonds. The molecule has 2 heteroatoms. The molecule has 0 unspecified atom stereocenters. The normalized spacial score (nSPS) is 10.6. The summed E-state index contributed by atoms with van der Waals surface area (Å²) in [6, 6.07) is 27.8. The van der Waals surface area contributed by atoms with E-state index in [4.69, 9.17) is 5.26 Å². The first-order valence-electron chi connectivity index (χ1n) is 9.62. The minimum absolute atomic E-state index is 0.0742. The van der Waals surface area contributed by atoms with Crippen molar-refractivity contribution in [3.05, 3.63) is 108 Å². The first-order valence-corrected chi connectivity index (χ1v) is 9.62. The Kier molecular flexibility index (Phi) is 5.22. The van der Waals surface area contributed by atoms with Gasteiger partial charge in [-0.3, -0.25) is 0 Å². The van der Waals surface area contributed by atoms with E-state index in [0.717, 1.165) is 34.9 Å². The smallest absolute Gasteiger partial charge is 0.148 e. The number of nitriles is 1. The van der Waals surface area contributed by atoms with Gasteiger partial charge in [-0.1, -0.05) is 72.8 Å². The van der Waals surface area contributed by atoms with Gasteiger partial charge >= 0.3 is 0 Å². The van der Waals surface area contributed by atoms with Gasteiger partial charge in [0.2, 0.25) is 0 Å². The molecular formula is C27H20FN. The monoisotopic (exact) mass is 377 g/mol. The summed E-state index contributed by atoms with van der Waals surface area (Å²) in [4.78, 5) is 0. The van der Waals surface area contributed by atoms with Crippen molar-refractivity contribution in [3.63, 3.8) is 0 Å². The van der Waals surface area contributed by atoms with Crippen molar-refractivity contribution in [1.29, 1.82) is 5.26 Å². The van der Waals surface area contributed by atoms with Gasteiger partial charge in [0, 0.05) is 5.39 Å². The maximum absolute atomic E-state index is 14.3. The first-order chi connectivity index (χ1) is 14.2. The van der Waals surface area contributed by atoms with Gasteiger partial charge < -0.3 is 0 Å². The van der Waals surface area contributed by atoms with E-state index in [-0.39, 0.29) is 5.56 Å². The van der Waals surface area contributed by atoms with E-state index in [0.29, 0.717) is 5.39 Å². The molecule has 1 nitrogen and oxygen atoms in total. The Balaban J connectivity index is 1.60. The fourth-order valence-electron chi connectivity index (χ4n) is 3.55. The second-order valence-electron chi connectivity index (χ2n) is 7.08. The fourth-order valence-corrected chi connectivity index (χ4v) is 3.55. The molecule has 0 fully saturated rings. The highest BCUT2D eigenvalue weighted by Crippen LogP contribution is 2.29. The predicted octanol–water partition coefficient (Wildman–Crippen LogP) is 7.30. The molecule has 0 aliphatic carbocycles. The van der Waals surface area contributed by atoms with Gasteiger partial charge in [-0.05, 0) is 58.2 Å². The van der Waals surface area contributed by atoms with E-state index in [1.54, 1.807) is 12.1 Å². The lowest BCUT2D eigenvalue weighted by Gasteiger charge is -2.08. The minimum atomic E-state index is -0.455. The molecule has 0 heterocycles. The predicted molar refractivity (Wildman–Crippen MR) is 118 cm³/mol. The molecule has 4 aromatic rings. The van der Waals surface area contributed by atoms with E-state index in [2.05, 4.69) is 55.1 Å². The summed E-state index contributed by atoms with van der Waals surface area (Å²) in [7, 11) is 0. The van der Waals surface area contributed by atoms with Crippen LogP contribution in [-0.4, -0.2) is 0 Å². The van der Waals surface area contributed by atoms with Crippen LogP contribution in [0.15, 0.2) is 91.5 Å². The van der Waals surface area contributed by atoms with Gasteiger partial charge in [0.25, 0.3) is 0 Å². The summed E-state index contributed by atoms with van der Waals surface area (Å²) in [6.45, 7) is 3.77. The van der Waals surface area contributed by atoms with Crippen molar-refractivity contribution in [1.82, 2.24) is 0 Å². The Morgan fingerprint density at radius 3 is 2.00 bits per heavy atom. The molecule has 0 spiro atoms. The van der Waals surface area contributed by atoms with Crippen molar-refractivity contribution in [2.45, 2.75) is 12.8 Å². The number of halogens is 1. The zero-order valence-corrected chi connectivity index (χ0v) is 16.0. The summed E-state index contributed by atoms with van der Waals surface area (Å²) in [5.74, 6) is -0.455. The van der Waals surface area contributed by atoms with Gasteiger partial charge in [-0.15, -0.1) is 6.58 Å². The van der Waals surface area contributed by atoms with E-state index >= 15 is 0 Å². The van der Waals surface area contributed by atoms with Crippen molar-refractivity contribution < 1.29 is 4.39 Å². The number of hydrogen-bond donors (Lipinski definition) is 0. The Morgan fingerprint density at radius 2 is 1.38 bits per heavy atom. The molecular weight excluding hydrogens is 357 g/mol. The standard InChI is InChI=1S/C27H20FN/c1-2-3-4-19-5-7-20(8-6-19)21-9-11-22(12-10-21)23-15-16-26-24(17-23)13-14-25(18-29)27(26)28/h2,5-17H,1,3-4H2. The lowest BCUT2D eigenvalue weighted by Crippen LogP contribution is -1.87. The van der Waals surface area contributed by atoms with Crippen LogP contribution in [0.5, 0.6) is 0 Å². The molecule has 0 aromatic heterocycles. The van der Waals surface area contributed by atoms with E-state index < -0.39 is 5.82 Å². The molecule has 140 valence electrons. The van der Waals surface area contributed by atoms with Crippen LogP contribution < -0.4 is 0 Å². The zero-order chi connectivity index (χ0) is 20.2. The number of allylic oxidation sites excluding steroid dienone is 1. The molecule has 0 atom stereocenters. The lowest BCUT2D eigenvalue weighted by molar-refractivity contribution is 0.636. The highest BCUT2D eigenvalue weighted by Gasteiger charge is 2.08. The lowest BCUT2D eigenvalue weighted by atomic mass is 9.97. The van der Waals surface area contributed by atoms with Gasteiger partial charge in [-0.25, -0.2) is 4.39 Å². The van der Waals surface area contributed by atoms with Crippen LogP contribution in [0.4, 0.5) is 4.39 Å². The quantitative estimate of drug-likeness (QED) is 0.335. The highest BCUT2D eigenvalue weighted by atomic mass is 19.1. The Hall–Kier alpha value is -3.70. The molecule has 4 aromatic carbocycles. The Labute approximate surface area is 170 Å². The van der Waals surface area contributed by atoms with Crippen LogP contribution in [-0.2, 0) is 6.42 Å². The molecule has 0 aliphatic heterocycles. The van der Waals surface area contributed by atoms with Gasteiger partial charge in [0.15, 0.2) is 0 Å². The van der Waals surface area contributed by atoms with Crippen molar-refractivity contribution in [2.75, 3.05) is 0 Å². The number of nitrogens with zero attached hydrogens (tertiary/aromatic N) is 1. The molecule has 0 N–H and O–H groups in total. The van der Waals surface area contributed by atoms with Crippen LogP contribution in [0.3, 0.4) is 0 Å². The SMILES string of the molecule is C=CCCc1ccc(-c2ccc(-c3ccc4c(F)c(C#N)ccc4c3)cc2)cc1. The zero-order valence-electron chi connectivity index (χ0n) is 16.0. The van der Waals surface area contributed by atoms with E-state index in [1.165, 1.54) is 17.2 Å². The summed E-state index contributed by atoms with van der Waals surface area (Å²) in [6.07, 6.45) is 3.94. The summed E-state index contributed by atoms with van der Waals surface area (Å²) < 4.78 is 14.3. The molecule has 4 rings (SSSR count). The molecule has 0 saturated heterocycles. The number of fused-ring (bicyclic) bond motifs is 1. The van der Waals surface area contributed by atoms with Crippen LogP contribution >= 0.6 is 0 Å². The van der Waals surface area contributed by atoms with Gasteiger partial charge in [-0.2, -0.15) is 5.26 Å². The van der Waals surface area contributed by atoms with Crippen LogP contribution in [0, 0.1) is 17.1 Å². The van der Waals surface area contributed by atoms with Crippen LogP contribution in [0.25, 0.3) is 33.0 Å². The second-order valence-corrected chi connectivity index (χ2v) is 7.08. The molecule has 0 radical (unpaired) electrons. The average Bonchev–Trinajstić information content (AvgIpc) is 2.78. The summed E-state index contributed by atoms with van der Waals surface area (Å²) >= 11 is 0. The third-order valence-electron chi connectivity index (χ3n) is 5.22. The van der Waals surface area contributed by atoms with Crippen molar-refractivity contribution >= 4 is 10.8 Å². The van der Waals surface area contributed by atoms with Crippen molar-refractivity contribution in [2.24, 2.45) is 0 Å². The number of benzene rings is 4. The van der Waals surface area contributed by atoms with Crippen molar-refractivity contribution in [3.8, 4) is 28.3 Å². The average molecular weight is 377 g/mol. The maximum Gasteiger partial charge on any atom is 0.148 e. The number of rotatable bonds is 5. The molecule has 0 bridgehead atoms. The summed E-state index contributed by atoms with van der Waals surface area (Å²) in [5.41, 5.74) is 5.83. The largest absolute Gasteiger partial charge is 0.205 e. The van der Waals surface area contributed by atoms with Gasteiger partial charge in [0.05, 0.1) is 5.56 Å².